The van der Waals surface area contributed by atoms with Crippen molar-refractivity contribution < 1.29 is 4.79 Å². The molecule has 4 heteroatoms. The van der Waals surface area contributed by atoms with Crippen molar-refractivity contribution in [2.24, 2.45) is 4.99 Å². The lowest BCUT2D eigenvalue weighted by Crippen LogP contribution is -2.28. The molecule has 1 aliphatic heterocycles. The van der Waals surface area contributed by atoms with Gasteiger partial charge in [0.25, 0.3) is 5.91 Å². The number of hydrogen-bond donors (Lipinski definition) is 0. The molecule has 2 aromatic rings. The van der Waals surface area contributed by atoms with E-state index in [-0.39, 0.29) is 5.91 Å². The largest absolute Gasteiger partial charge is 0.287 e. The number of benzene rings is 2. The molecule has 0 aromatic heterocycles. The molecular formula is C20H20N2OS. The summed E-state index contributed by atoms with van der Waals surface area (Å²) in [5, 5.41) is 0.743. The zero-order chi connectivity index (χ0) is 17.1. The number of amides is 1. The molecule has 3 nitrogen and oxygen atoms in total. The van der Waals surface area contributed by atoms with Crippen molar-refractivity contribution in [3.63, 3.8) is 0 Å². The van der Waals surface area contributed by atoms with Crippen LogP contribution in [-0.2, 0) is 4.79 Å². The van der Waals surface area contributed by atoms with Crippen LogP contribution in [0.25, 0.3) is 6.08 Å². The van der Waals surface area contributed by atoms with Gasteiger partial charge in [-0.05, 0) is 67.4 Å². The zero-order valence-electron chi connectivity index (χ0n) is 14.1. The number of carbonyl (C=O) groups excluding carboxylic acids is 1. The average molecular weight is 336 g/mol. The van der Waals surface area contributed by atoms with Crippen LogP contribution in [0.4, 0.5) is 5.69 Å². The van der Waals surface area contributed by atoms with Gasteiger partial charge in [0.15, 0.2) is 5.17 Å². The van der Waals surface area contributed by atoms with Crippen molar-refractivity contribution in [1.29, 1.82) is 0 Å². The van der Waals surface area contributed by atoms with Crippen LogP contribution in [0, 0.1) is 13.8 Å². The predicted octanol–water partition coefficient (Wildman–Crippen LogP) is 4.93. The number of hydrogen-bond acceptors (Lipinski definition) is 3. The second-order valence-electron chi connectivity index (χ2n) is 5.73. The number of likely N-dealkylation sites (N-methyl/N-ethyl adjacent to an activating group) is 1. The van der Waals surface area contributed by atoms with Gasteiger partial charge in [0.2, 0.25) is 0 Å². The van der Waals surface area contributed by atoms with Crippen LogP contribution in [0.15, 0.2) is 58.4 Å². The number of nitrogens with zero attached hydrogens (tertiary/aromatic N) is 2. The van der Waals surface area contributed by atoms with Gasteiger partial charge in [-0.25, -0.2) is 4.99 Å². The molecule has 0 radical (unpaired) electrons. The normalized spacial score (nSPS) is 18.0. The molecule has 0 bridgehead atoms. The quantitative estimate of drug-likeness (QED) is 0.745. The third-order valence-corrected chi connectivity index (χ3v) is 5.02. The maximum Gasteiger partial charge on any atom is 0.266 e. The van der Waals surface area contributed by atoms with Gasteiger partial charge in [-0.1, -0.05) is 36.4 Å². The monoisotopic (exact) mass is 336 g/mol. The molecule has 2 aromatic carbocycles. The van der Waals surface area contributed by atoms with Crippen LogP contribution in [0.5, 0.6) is 0 Å². The van der Waals surface area contributed by atoms with Crippen molar-refractivity contribution in [2.75, 3.05) is 6.54 Å². The smallest absolute Gasteiger partial charge is 0.266 e. The van der Waals surface area contributed by atoms with E-state index < -0.39 is 0 Å². The van der Waals surface area contributed by atoms with E-state index in [0.717, 1.165) is 16.4 Å². The molecule has 1 amide bonds. The average Bonchev–Trinajstić information content (AvgIpc) is 2.87. The highest BCUT2D eigenvalue weighted by Gasteiger charge is 2.32. The first-order chi connectivity index (χ1) is 11.6. The van der Waals surface area contributed by atoms with Crippen LogP contribution in [0.2, 0.25) is 0 Å². The van der Waals surface area contributed by atoms with Gasteiger partial charge in [0, 0.05) is 6.54 Å². The summed E-state index contributed by atoms with van der Waals surface area (Å²) in [4.78, 5) is 19.8. The Kier molecular flexibility index (Phi) is 4.86. The van der Waals surface area contributed by atoms with E-state index >= 15 is 0 Å². The summed E-state index contributed by atoms with van der Waals surface area (Å²) in [6, 6.07) is 16.0. The Hall–Kier alpha value is -2.33. The Morgan fingerprint density at radius 3 is 2.50 bits per heavy atom. The molecule has 24 heavy (non-hydrogen) atoms. The highest BCUT2D eigenvalue weighted by atomic mass is 32.2. The van der Waals surface area contributed by atoms with Crippen molar-refractivity contribution in [3.8, 4) is 0 Å². The fourth-order valence-electron chi connectivity index (χ4n) is 2.48. The van der Waals surface area contributed by atoms with E-state index in [1.54, 1.807) is 4.90 Å². The second kappa shape index (κ2) is 7.05. The lowest BCUT2D eigenvalue weighted by atomic mass is 10.1. The molecular weight excluding hydrogens is 316 g/mol. The number of rotatable bonds is 3. The van der Waals surface area contributed by atoms with Crippen LogP contribution in [0.1, 0.15) is 23.6 Å². The topological polar surface area (TPSA) is 32.7 Å². The summed E-state index contributed by atoms with van der Waals surface area (Å²) in [5.74, 6) is 0.0222. The molecule has 0 saturated carbocycles. The minimum absolute atomic E-state index is 0.0222. The summed E-state index contributed by atoms with van der Waals surface area (Å²) in [7, 11) is 0. The van der Waals surface area contributed by atoms with Crippen LogP contribution >= 0.6 is 11.8 Å². The first-order valence-electron chi connectivity index (χ1n) is 8.01. The summed E-state index contributed by atoms with van der Waals surface area (Å²) < 4.78 is 0. The number of carbonyl (C=O) groups is 1. The minimum atomic E-state index is 0.0222. The first kappa shape index (κ1) is 16.5. The Morgan fingerprint density at radius 1 is 1.08 bits per heavy atom. The minimum Gasteiger partial charge on any atom is -0.287 e. The molecule has 1 saturated heterocycles. The maximum atomic E-state index is 12.6. The molecule has 0 atom stereocenters. The predicted molar refractivity (Wildman–Crippen MR) is 102 cm³/mol. The Labute approximate surface area is 147 Å². The maximum absolute atomic E-state index is 12.6. The lowest BCUT2D eigenvalue weighted by molar-refractivity contribution is -0.122. The molecule has 1 fully saturated rings. The fraction of sp³-hybridized carbons (Fsp3) is 0.200. The first-order valence-corrected chi connectivity index (χ1v) is 8.82. The van der Waals surface area contributed by atoms with Crippen LogP contribution in [-0.4, -0.2) is 22.5 Å². The van der Waals surface area contributed by atoms with Crippen molar-refractivity contribution in [1.82, 2.24) is 4.90 Å². The Balaban J connectivity index is 1.94. The summed E-state index contributed by atoms with van der Waals surface area (Å²) >= 11 is 1.44. The van der Waals surface area contributed by atoms with Crippen molar-refractivity contribution >= 4 is 34.6 Å². The molecule has 0 unspecified atom stereocenters. The Bertz CT molecular complexity index is 825. The summed E-state index contributed by atoms with van der Waals surface area (Å²) in [6.45, 7) is 6.74. The van der Waals surface area contributed by atoms with Gasteiger partial charge in [0.05, 0.1) is 10.6 Å². The van der Waals surface area contributed by atoms with E-state index in [9.17, 15) is 4.79 Å². The molecule has 1 heterocycles. The number of aliphatic imine (C=N–C) groups is 1. The van der Waals surface area contributed by atoms with E-state index in [0.29, 0.717) is 11.4 Å². The molecule has 1 aliphatic rings. The van der Waals surface area contributed by atoms with Gasteiger partial charge >= 0.3 is 0 Å². The van der Waals surface area contributed by atoms with Gasteiger partial charge in [-0.3, -0.25) is 9.69 Å². The zero-order valence-corrected chi connectivity index (χ0v) is 14.9. The highest BCUT2D eigenvalue weighted by Crippen LogP contribution is 2.34. The van der Waals surface area contributed by atoms with E-state index in [1.807, 2.05) is 49.4 Å². The summed E-state index contributed by atoms with van der Waals surface area (Å²) in [5.41, 5.74) is 4.35. The van der Waals surface area contributed by atoms with Crippen LogP contribution in [0.3, 0.4) is 0 Å². The lowest BCUT2D eigenvalue weighted by Gasteiger charge is -2.12. The van der Waals surface area contributed by atoms with Crippen LogP contribution < -0.4 is 0 Å². The fourth-order valence-corrected chi connectivity index (χ4v) is 3.54. The van der Waals surface area contributed by atoms with E-state index in [2.05, 4.69) is 26.0 Å². The Morgan fingerprint density at radius 2 is 1.83 bits per heavy atom. The second-order valence-corrected chi connectivity index (χ2v) is 6.74. The van der Waals surface area contributed by atoms with E-state index in [4.69, 9.17) is 4.99 Å². The third-order valence-electron chi connectivity index (χ3n) is 4.02. The standard InChI is InChI=1S/C20H20N2OS/c1-4-22-19(23)18(13-16-8-6-5-7-9-16)24-20(22)21-17-11-10-14(2)15(3)12-17/h5-13H,4H2,1-3H3/b18-13-,21-20?. The third kappa shape index (κ3) is 3.44. The SMILES string of the molecule is CCN1C(=O)/C(=C/c2ccccc2)SC1=Nc1ccc(C)c(C)c1. The molecule has 0 N–H and O–H groups in total. The number of amidine groups is 1. The molecule has 0 aliphatic carbocycles. The van der Waals surface area contributed by atoms with Crippen molar-refractivity contribution in [3.05, 3.63) is 70.1 Å². The highest BCUT2D eigenvalue weighted by molar-refractivity contribution is 8.18. The van der Waals surface area contributed by atoms with Crippen molar-refractivity contribution in [2.45, 2.75) is 20.8 Å². The number of thioether (sulfide) groups is 1. The molecule has 0 spiro atoms. The number of aryl methyl sites for hydroxylation is 2. The van der Waals surface area contributed by atoms with Gasteiger partial charge < -0.3 is 0 Å². The van der Waals surface area contributed by atoms with Gasteiger partial charge in [0.1, 0.15) is 0 Å². The summed E-state index contributed by atoms with van der Waals surface area (Å²) in [6.07, 6.45) is 1.93. The van der Waals surface area contributed by atoms with E-state index in [1.165, 1.54) is 22.9 Å². The van der Waals surface area contributed by atoms with Gasteiger partial charge in [-0.2, -0.15) is 0 Å². The molecule has 3 rings (SSSR count). The van der Waals surface area contributed by atoms with Gasteiger partial charge in [-0.15, -0.1) is 0 Å². The molecule has 122 valence electrons.